The molecule has 3 nitrogen and oxygen atoms in total. The zero-order chi connectivity index (χ0) is 13.2. The van der Waals surface area contributed by atoms with Gasteiger partial charge in [-0.1, -0.05) is 23.7 Å². The number of hydrogen-bond donors (Lipinski definition) is 1. The Hall–Kier alpha value is -1.45. The number of aromatic amines is 1. The maximum absolute atomic E-state index is 11.6. The number of hydrogen-bond acceptors (Lipinski definition) is 2. The molecular weight excluding hydrogens is 295 g/mol. The highest BCUT2D eigenvalue weighted by Gasteiger charge is 2.12. The smallest absolute Gasteiger partial charge is 0.267 e. The van der Waals surface area contributed by atoms with Gasteiger partial charge in [0.05, 0.1) is 0 Å². The first-order valence-corrected chi connectivity index (χ1v) is 6.86. The number of H-pyrrole nitrogens is 1. The van der Waals surface area contributed by atoms with E-state index >= 15 is 0 Å². The number of pyridine rings is 1. The van der Waals surface area contributed by atoms with Gasteiger partial charge in [0, 0.05) is 30.0 Å². The van der Waals surface area contributed by atoms with Gasteiger partial charge in [0.25, 0.3) is 5.56 Å². The summed E-state index contributed by atoms with van der Waals surface area (Å²) in [5, 5.41) is 0.222. The molecule has 0 atom stereocenters. The zero-order valence-electron chi connectivity index (χ0n) is 10.9. The average Bonchev–Trinajstić information content (AvgIpc) is 2.96. The average molecular weight is 311 g/mol. The molecule has 1 aromatic heterocycles. The highest BCUT2D eigenvalue weighted by Crippen LogP contribution is 2.25. The van der Waals surface area contributed by atoms with Crippen LogP contribution in [0.1, 0.15) is 12.8 Å². The number of benzene rings is 1. The second-order valence-electron chi connectivity index (χ2n) is 4.79. The molecule has 1 aliphatic heterocycles. The Kier molecular flexibility index (Phi) is 4.73. The molecule has 1 fully saturated rings. The van der Waals surface area contributed by atoms with Crippen molar-refractivity contribution in [2.45, 2.75) is 12.8 Å². The number of nitrogens with one attached hydrogen (secondary N) is 1. The Morgan fingerprint density at radius 1 is 1.10 bits per heavy atom. The Balaban J connectivity index is 0.00000147. The van der Waals surface area contributed by atoms with Crippen molar-refractivity contribution in [1.29, 1.82) is 0 Å². The molecule has 0 spiro atoms. The van der Waals surface area contributed by atoms with Crippen LogP contribution in [0.25, 0.3) is 11.3 Å². The SMILES string of the molecule is Cl.O=c1[nH]c(-c2cccc(N3CCCC3)c2)ccc1Cl. The third-order valence-electron chi connectivity index (χ3n) is 3.49. The molecule has 2 heterocycles. The molecular formula is C15H16Cl2N2O. The molecule has 1 saturated heterocycles. The summed E-state index contributed by atoms with van der Waals surface area (Å²) < 4.78 is 0. The number of rotatable bonds is 2. The van der Waals surface area contributed by atoms with Crippen LogP contribution in [0.2, 0.25) is 5.02 Å². The summed E-state index contributed by atoms with van der Waals surface area (Å²) in [5.74, 6) is 0. The molecule has 0 radical (unpaired) electrons. The molecule has 0 saturated carbocycles. The maximum Gasteiger partial charge on any atom is 0.267 e. The first-order chi connectivity index (χ1) is 9.24. The molecule has 1 aliphatic rings. The van der Waals surface area contributed by atoms with Gasteiger partial charge in [-0.2, -0.15) is 0 Å². The van der Waals surface area contributed by atoms with E-state index in [9.17, 15) is 4.79 Å². The fraction of sp³-hybridized carbons (Fsp3) is 0.267. The van der Waals surface area contributed by atoms with E-state index in [0.717, 1.165) is 24.3 Å². The molecule has 1 N–H and O–H groups in total. The summed E-state index contributed by atoms with van der Waals surface area (Å²) in [6.45, 7) is 2.22. The van der Waals surface area contributed by atoms with E-state index in [1.165, 1.54) is 18.5 Å². The van der Waals surface area contributed by atoms with Gasteiger partial charge >= 0.3 is 0 Å². The minimum Gasteiger partial charge on any atom is -0.372 e. The predicted molar refractivity (Wildman–Crippen MR) is 86.2 cm³/mol. The fourth-order valence-corrected chi connectivity index (χ4v) is 2.58. The van der Waals surface area contributed by atoms with Crippen molar-refractivity contribution in [2.24, 2.45) is 0 Å². The summed E-state index contributed by atoms with van der Waals surface area (Å²) in [5.41, 5.74) is 2.78. The van der Waals surface area contributed by atoms with Crippen LogP contribution in [-0.2, 0) is 0 Å². The van der Waals surface area contributed by atoms with Gasteiger partial charge in [-0.25, -0.2) is 0 Å². The van der Waals surface area contributed by atoms with Gasteiger partial charge < -0.3 is 9.88 Å². The lowest BCUT2D eigenvalue weighted by molar-refractivity contribution is 0.949. The van der Waals surface area contributed by atoms with Gasteiger partial charge in [0.15, 0.2) is 0 Å². The topological polar surface area (TPSA) is 36.1 Å². The van der Waals surface area contributed by atoms with Crippen molar-refractivity contribution in [3.05, 3.63) is 51.8 Å². The lowest BCUT2D eigenvalue weighted by atomic mass is 10.1. The first kappa shape index (κ1) is 14.9. The second-order valence-corrected chi connectivity index (χ2v) is 5.20. The zero-order valence-corrected chi connectivity index (χ0v) is 12.5. The molecule has 20 heavy (non-hydrogen) atoms. The van der Waals surface area contributed by atoms with Crippen LogP contribution in [0.15, 0.2) is 41.2 Å². The van der Waals surface area contributed by atoms with Crippen molar-refractivity contribution in [3.8, 4) is 11.3 Å². The molecule has 2 aromatic rings. The lowest BCUT2D eigenvalue weighted by Gasteiger charge is -2.18. The van der Waals surface area contributed by atoms with Crippen LogP contribution in [-0.4, -0.2) is 18.1 Å². The Morgan fingerprint density at radius 2 is 1.85 bits per heavy atom. The van der Waals surface area contributed by atoms with E-state index < -0.39 is 0 Å². The van der Waals surface area contributed by atoms with Crippen LogP contribution in [0.4, 0.5) is 5.69 Å². The highest BCUT2D eigenvalue weighted by molar-refractivity contribution is 6.30. The summed E-state index contributed by atoms with van der Waals surface area (Å²) in [6, 6.07) is 11.7. The minimum absolute atomic E-state index is 0. The summed E-state index contributed by atoms with van der Waals surface area (Å²) in [4.78, 5) is 16.7. The van der Waals surface area contributed by atoms with E-state index in [0.29, 0.717) is 0 Å². The predicted octanol–water partition coefficient (Wildman–Crippen LogP) is 3.72. The number of nitrogens with zero attached hydrogens (tertiary/aromatic N) is 1. The van der Waals surface area contributed by atoms with Crippen molar-refractivity contribution in [1.82, 2.24) is 4.98 Å². The Bertz CT molecular complexity index is 648. The van der Waals surface area contributed by atoms with Crippen molar-refractivity contribution in [3.63, 3.8) is 0 Å². The molecule has 0 amide bonds. The van der Waals surface area contributed by atoms with E-state index in [-0.39, 0.29) is 23.0 Å². The van der Waals surface area contributed by atoms with Crippen molar-refractivity contribution < 1.29 is 0 Å². The standard InChI is InChI=1S/C15H15ClN2O.ClH/c16-13-6-7-14(17-15(13)19)11-4-3-5-12(10-11)18-8-1-2-9-18;/h3-7,10H,1-2,8-9H2,(H,17,19);1H. The molecule has 5 heteroatoms. The van der Waals surface area contributed by atoms with Crippen LogP contribution in [0, 0.1) is 0 Å². The third-order valence-corrected chi connectivity index (χ3v) is 3.79. The fourth-order valence-electron chi connectivity index (χ4n) is 2.47. The van der Waals surface area contributed by atoms with E-state index in [1.807, 2.05) is 18.2 Å². The first-order valence-electron chi connectivity index (χ1n) is 6.48. The van der Waals surface area contributed by atoms with Crippen molar-refractivity contribution in [2.75, 3.05) is 18.0 Å². The van der Waals surface area contributed by atoms with Crippen LogP contribution in [0.3, 0.4) is 0 Å². The minimum atomic E-state index is -0.245. The molecule has 0 aliphatic carbocycles. The molecule has 3 rings (SSSR count). The van der Waals surface area contributed by atoms with Crippen molar-refractivity contribution >= 4 is 29.7 Å². The van der Waals surface area contributed by atoms with Gasteiger partial charge in [-0.15, -0.1) is 12.4 Å². The monoisotopic (exact) mass is 310 g/mol. The molecule has 1 aromatic carbocycles. The largest absolute Gasteiger partial charge is 0.372 e. The van der Waals surface area contributed by atoms with Crippen LogP contribution in [0.5, 0.6) is 0 Å². The van der Waals surface area contributed by atoms with Gasteiger partial charge in [-0.05, 0) is 37.1 Å². The Labute approximate surface area is 129 Å². The van der Waals surface area contributed by atoms with E-state index in [2.05, 4.69) is 22.0 Å². The molecule has 106 valence electrons. The summed E-state index contributed by atoms with van der Waals surface area (Å²) in [7, 11) is 0. The third kappa shape index (κ3) is 3.00. The van der Waals surface area contributed by atoms with E-state index in [1.54, 1.807) is 6.07 Å². The Morgan fingerprint density at radius 3 is 2.55 bits per heavy atom. The quantitative estimate of drug-likeness (QED) is 0.917. The summed E-state index contributed by atoms with van der Waals surface area (Å²) in [6.07, 6.45) is 2.50. The highest BCUT2D eigenvalue weighted by atomic mass is 35.5. The summed E-state index contributed by atoms with van der Waals surface area (Å²) >= 11 is 5.75. The number of anilines is 1. The van der Waals surface area contributed by atoms with Gasteiger partial charge in [-0.3, -0.25) is 4.79 Å². The van der Waals surface area contributed by atoms with Gasteiger partial charge in [0.1, 0.15) is 5.02 Å². The second kappa shape index (κ2) is 6.33. The normalized spacial score (nSPS) is 14.2. The molecule has 0 bridgehead atoms. The number of aromatic nitrogens is 1. The number of halogens is 2. The maximum atomic E-state index is 11.6. The van der Waals surface area contributed by atoms with Gasteiger partial charge in [0.2, 0.25) is 0 Å². The van der Waals surface area contributed by atoms with Crippen LogP contribution >= 0.6 is 24.0 Å². The van der Waals surface area contributed by atoms with Crippen LogP contribution < -0.4 is 10.5 Å². The van der Waals surface area contributed by atoms with E-state index in [4.69, 9.17) is 11.6 Å². The molecule has 0 unspecified atom stereocenters. The lowest BCUT2D eigenvalue weighted by Crippen LogP contribution is -2.17.